The third kappa shape index (κ3) is 3.22. The van der Waals surface area contributed by atoms with Crippen molar-refractivity contribution in [3.8, 4) is 0 Å². The van der Waals surface area contributed by atoms with Crippen LogP contribution in [0.4, 0.5) is 5.69 Å². The van der Waals surface area contributed by atoms with Crippen LogP contribution in [-0.4, -0.2) is 0 Å². The van der Waals surface area contributed by atoms with Gasteiger partial charge in [-0.3, -0.25) is 0 Å². The maximum atomic E-state index is 5.87. The third-order valence-corrected chi connectivity index (χ3v) is 3.89. The molecule has 0 unspecified atom stereocenters. The molecule has 0 fully saturated rings. The van der Waals surface area contributed by atoms with Crippen molar-refractivity contribution in [2.75, 3.05) is 5.73 Å². The summed E-state index contributed by atoms with van der Waals surface area (Å²) in [6.45, 7) is 11.2. The molecule has 2 aromatic rings. The van der Waals surface area contributed by atoms with Crippen molar-refractivity contribution in [1.82, 2.24) is 0 Å². The first kappa shape index (κ1) is 14.6. The molecule has 1 nitrogen and oxygen atoms in total. The van der Waals surface area contributed by atoms with Crippen LogP contribution >= 0.6 is 0 Å². The summed E-state index contributed by atoms with van der Waals surface area (Å²) in [6.07, 6.45) is 0.952. The Bertz CT molecular complexity index is 595. The zero-order valence-electron chi connectivity index (χ0n) is 13.2. The largest absolute Gasteiger partial charge is 0.399 e. The van der Waals surface area contributed by atoms with Crippen LogP contribution in [0.1, 0.15) is 48.6 Å². The molecule has 20 heavy (non-hydrogen) atoms. The highest BCUT2D eigenvalue weighted by Gasteiger charge is 2.16. The van der Waals surface area contributed by atoms with Gasteiger partial charge in [0.05, 0.1) is 0 Å². The monoisotopic (exact) mass is 267 g/mol. The van der Waals surface area contributed by atoms with Crippen molar-refractivity contribution in [2.45, 2.75) is 46.5 Å². The minimum atomic E-state index is 0.200. The number of aryl methyl sites for hydroxylation is 2. The molecule has 0 aliphatic heterocycles. The van der Waals surface area contributed by atoms with Crippen LogP contribution in [0, 0.1) is 13.8 Å². The highest BCUT2D eigenvalue weighted by atomic mass is 14.5. The van der Waals surface area contributed by atoms with E-state index in [0.717, 1.165) is 12.1 Å². The van der Waals surface area contributed by atoms with E-state index in [0.29, 0.717) is 0 Å². The number of anilines is 1. The van der Waals surface area contributed by atoms with Crippen molar-refractivity contribution in [3.05, 3.63) is 64.2 Å². The van der Waals surface area contributed by atoms with Crippen LogP contribution in [0.3, 0.4) is 0 Å². The lowest BCUT2D eigenvalue weighted by molar-refractivity contribution is 0.589. The average molecular weight is 267 g/mol. The molecule has 1 heteroatoms. The number of hydrogen-bond donors (Lipinski definition) is 1. The Morgan fingerprint density at radius 2 is 1.55 bits per heavy atom. The Labute approximate surface area is 122 Å². The second-order valence-corrected chi connectivity index (χ2v) is 6.76. The summed E-state index contributed by atoms with van der Waals surface area (Å²) in [5.41, 5.74) is 13.8. The van der Waals surface area contributed by atoms with Crippen molar-refractivity contribution >= 4 is 5.69 Å². The van der Waals surface area contributed by atoms with Gasteiger partial charge in [-0.2, -0.15) is 0 Å². The Hall–Kier alpha value is -1.76. The van der Waals surface area contributed by atoms with E-state index in [9.17, 15) is 0 Å². The van der Waals surface area contributed by atoms with Crippen molar-refractivity contribution in [3.63, 3.8) is 0 Å². The summed E-state index contributed by atoms with van der Waals surface area (Å²) in [5.74, 6) is 0. The van der Waals surface area contributed by atoms with Gasteiger partial charge in [0.1, 0.15) is 0 Å². The molecule has 0 heterocycles. The predicted octanol–water partition coefficient (Wildman–Crippen LogP) is 4.77. The van der Waals surface area contributed by atoms with Gasteiger partial charge in [0.2, 0.25) is 0 Å². The van der Waals surface area contributed by atoms with Gasteiger partial charge in [-0.1, -0.05) is 45.0 Å². The molecule has 106 valence electrons. The fraction of sp³-hybridized carbons (Fsp3) is 0.368. The Morgan fingerprint density at radius 1 is 0.950 bits per heavy atom. The highest BCUT2D eigenvalue weighted by Crippen LogP contribution is 2.28. The van der Waals surface area contributed by atoms with Crippen LogP contribution < -0.4 is 5.73 Å². The van der Waals surface area contributed by atoms with Crippen molar-refractivity contribution in [1.29, 1.82) is 0 Å². The third-order valence-electron chi connectivity index (χ3n) is 3.89. The molecule has 2 aromatic carbocycles. The average Bonchev–Trinajstić information content (AvgIpc) is 2.32. The summed E-state index contributed by atoms with van der Waals surface area (Å²) in [7, 11) is 0. The van der Waals surface area contributed by atoms with E-state index in [1.165, 1.54) is 27.8 Å². The van der Waals surface area contributed by atoms with Gasteiger partial charge >= 0.3 is 0 Å². The van der Waals surface area contributed by atoms with Gasteiger partial charge in [0.25, 0.3) is 0 Å². The van der Waals surface area contributed by atoms with E-state index in [-0.39, 0.29) is 5.41 Å². The van der Waals surface area contributed by atoms with E-state index >= 15 is 0 Å². The first-order chi connectivity index (χ1) is 9.27. The van der Waals surface area contributed by atoms with Gasteiger partial charge in [-0.05, 0) is 65.6 Å². The molecule has 0 spiro atoms. The molecule has 0 amide bonds. The Morgan fingerprint density at radius 3 is 2.05 bits per heavy atom. The SMILES string of the molecule is Cc1cc(C(C)(C)C)cc(C)c1Cc1cccc(N)c1. The first-order valence-corrected chi connectivity index (χ1v) is 7.22. The number of hydrogen-bond acceptors (Lipinski definition) is 1. The Balaban J connectivity index is 2.38. The minimum absolute atomic E-state index is 0.200. The summed E-state index contributed by atoms with van der Waals surface area (Å²) >= 11 is 0. The highest BCUT2D eigenvalue weighted by molar-refractivity contribution is 5.46. The summed E-state index contributed by atoms with van der Waals surface area (Å²) in [5, 5.41) is 0. The minimum Gasteiger partial charge on any atom is -0.399 e. The van der Waals surface area contributed by atoms with Gasteiger partial charge in [0.15, 0.2) is 0 Å². The summed E-state index contributed by atoms with van der Waals surface area (Å²) in [4.78, 5) is 0. The Kier molecular flexibility index (Phi) is 3.89. The lowest BCUT2D eigenvalue weighted by Gasteiger charge is -2.22. The zero-order valence-corrected chi connectivity index (χ0v) is 13.2. The fourth-order valence-electron chi connectivity index (χ4n) is 2.61. The molecule has 0 aromatic heterocycles. The lowest BCUT2D eigenvalue weighted by atomic mass is 9.83. The molecule has 0 radical (unpaired) electrons. The molecule has 0 atom stereocenters. The number of rotatable bonds is 2. The molecule has 2 rings (SSSR count). The van der Waals surface area contributed by atoms with Gasteiger partial charge in [-0.15, -0.1) is 0 Å². The van der Waals surface area contributed by atoms with Crippen LogP contribution in [0.15, 0.2) is 36.4 Å². The van der Waals surface area contributed by atoms with E-state index in [4.69, 9.17) is 5.73 Å². The molecule has 0 aliphatic carbocycles. The normalized spacial score (nSPS) is 11.7. The van der Waals surface area contributed by atoms with Gasteiger partial charge < -0.3 is 5.73 Å². The maximum absolute atomic E-state index is 5.87. The second kappa shape index (κ2) is 5.32. The smallest absolute Gasteiger partial charge is 0.0316 e. The molecule has 2 N–H and O–H groups in total. The number of nitrogens with two attached hydrogens (primary N) is 1. The van der Waals surface area contributed by atoms with E-state index in [1.807, 2.05) is 12.1 Å². The van der Waals surface area contributed by atoms with Crippen LogP contribution in [0.2, 0.25) is 0 Å². The van der Waals surface area contributed by atoms with E-state index in [2.05, 4.69) is 58.9 Å². The molecular weight excluding hydrogens is 242 g/mol. The van der Waals surface area contributed by atoms with Crippen LogP contribution in [0.5, 0.6) is 0 Å². The molecular formula is C19H25N. The molecule has 0 saturated heterocycles. The van der Waals surface area contributed by atoms with Gasteiger partial charge in [0, 0.05) is 5.69 Å². The van der Waals surface area contributed by atoms with Gasteiger partial charge in [-0.25, -0.2) is 0 Å². The lowest BCUT2D eigenvalue weighted by Crippen LogP contribution is -2.12. The van der Waals surface area contributed by atoms with E-state index in [1.54, 1.807) is 0 Å². The summed E-state index contributed by atoms with van der Waals surface area (Å²) in [6, 6.07) is 12.8. The molecule has 0 saturated carbocycles. The molecule has 0 aliphatic rings. The zero-order chi connectivity index (χ0) is 14.9. The predicted molar refractivity (Wildman–Crippen MR) is 88.3 cm³/mol. The standard InChI is InChI=1S/C19H25N/c1-13-9-16(19(3,4)5)10-14(2)18(13)12-15-7-6-8-17(20)11-15/h6-11H,12,20H2,1-5H3. The number of benzene rings is 2. The number of nitrogen functional groups attached to an aromatic ring is 1. The second-order valence-electron chi connectivity index (χ2n) is 6.76. The van der Waals surface area contributed by atoms with Crippen LogP contribution in [0.25, 0.3) is 0 Å². The van der Waals surface area contributed by atoms with Crippen molar-refractivity contribution < 1.29 is 0 Å². The maximum Gasteiger partial charge on any atom is 0.0316 e. The summed E-state index contributed by atoms with van der Waals surface area (Å²) < 4.78 is 0. The quantitative estimate of drug-likeness (QED) is 0.779. The topological polar surface area (TPSA) is 26.0 Å². The molecule has 0 bridgehead atoms. The fourth-order valence-corrected chi connectivity index (χ4v) is 2.61. The van der Waals surface area contributed by atoms with Crippen molar-refractivity contribution in [2.24, 2.45) is 0 Å². The first-order valence-electron chi connectivity index (χ1n) is 7.22. The van der Waals surface area contributed by atoms with E-state index < -0.39 is 0 Å². The van der Waals surface area contributed by atoms with Crippen LogP contribution in [-0.2, 0) is 11.8 Å².